The molecule has 0 unspecified atom stereocenters. The summed E-state index contributed by atoms with van der Waals surface area (Å²) in [6.07, 6.45) is 16.6. The molecule has 0 aromatic heterocycles. The van der Waals surface area contributed by atoms with Gasteiger partial charge in [0, 0.05) is 5.30 Å². The molecule has 0 saturated carbocycles. The summed E-state index contributed by atoms with van der Waals surface area (Å²) >= 11 is 0. The summed E-state index contributed by atoms with van der Waals surface area (Å²) in [5.74, 6) is 7.13. The van der Waals surface area contributed by atoms with Gasteiger partial charge in [0.25, 0.3) is 0 Å². The molecule has 2 aliphatic carbocycles. The van der Waals surface area contributed by atoms with E-state index in [0.29, 0.717) is 0 Å². The van der Waals surface area contributed by atoms with Gasteiger partial charge in [-0.25, -0.2) is 0 Å². The standard InChI is InChI=1S/C20H15P/c1-2-12-20(13-3-1)21(16-14-18-8-4-5-9-18)17-15-19-10-6-7-11-19/h1-13,18-19H. The Kier molecular flexibility index (Phi) is 4.53. The van der Waals surface area contributed by atoms with E-state index in [1.807, 2.05) is 30.4 Å². The largest absolute Gasteiger partial charge is 0.0855 e. The number of allylic oxidation sites excluding steroid dienone is 8. The van der Waals surface area contributed by atoms with Crippen LogP contribution in [0.25, 0.3) is 0 Å². The fraction of sp³-hybridized carbons (Fsp3) is 0.100. The molecule has 0 bridgehead atoms. The van der Waals surface area contributed by atoms with Gasteiger partial charge in [-0.3, -0.25) is 0 Å². The molecule has 0 fully saturated rings. The van der Waals surface area contributed by atoms with Crippen LogP contribution in [0.4, 0.5) is 0 Å². The van der Waals surface area contributed by atoms with Crippen molar-refractivity contribution in [3.05, 3.63) is 78.9 Å². The summed E-state index contributed by atoms with van der Waals surface area (Å²) in [4.78, 5) is 0. The van der Waals surface area contributed by atoms with Crippen LogP contribution < -0.4 is 5.30 Å². The maximum atomic E-state index is 3.39. The molecule has 0 amide bonds. The van der Waals surface area contributed by atoms with Crippen LogP contribution in [0.2, 0.25) is 0 Å². The van der Waals surface area contributed by atoms with Gasteiger partial charge in [0.05, 0.1) is 19.8 Å². The van der Waals surface area contributed by atoms with E-state index in [9.17, 15) is 0 Å². The van der Waals surface area contributed by atoms with E-state index >= 15 is 0 Å². The molecule has 1 heteroatoms. The summed E-state index contributed by atoms with van der Waals surface area (Å²) in [5, 5.41) is 1.23. The summed E-state index contributed by atoms with van der Waals surface area (Å²) in [5.41, 5.74) is 6.78. The maximum absolute atomic E-state index is 3.39. The van der Waals surface area contributed by atoms with Crippen LogP contribution in [-0.4, -0.2) is 0 Å². The molecule has 0 atom stereocenters. The van der Waals surface area contributed by atoms with Crippen LogP contribution in [-0.2, 0) is 0 Å². The lowest BCUT2D eigenvalue weighted by Crippen LogP contribution is -1.97. The molecular formula is C20H15P. The minimum absolute atomic E-state index is 0.242. The Morgan fingerprint density at radius 3 is 1.62 bits per heavy atom. The van der Waals surface area contributed by atoms with Crippen LogP contribution >= 0.6 is 7.92 Å². The highest BCUT2D eigenvalue weighted by molar-refractivity contribution is 7.75. The summed E-state index contributed by atoms with van der Waals surface area (Å²) in [7, 11) is -0.746. The fourth-order valence-electron chi connectivity index (χ4n) is 2.07. The van der Waals surface area contributed by atoms with Crippen LogP contribution in [0.15, 0.2) is 78.9 Å². The third-order valence-corrected chi connectivity index (χ3v) is 4.72. The molecule has 21 heavy (non-hydrogen) atoms. The first-order valence-electron chi connectivity index (χ1n) is 6.99. The van der Waals surface area contributed by atoms with Crippen molar-refractivity contribution in [2.24, 2.45) is 11.8 Å². The maximum Gasteiger partial charge on any atom is 0.0810 e. The molecule has 2 aliphatic rings. The predicted octanol–water partition coefficient (Wildman–Crippen LogP) is 4.20. The lowest BCUT2D eigenvalue weighted by Gasteiger charge is -2.04. The molecule has 1 aromatic rings. The van der Waals surface area contributed by atoms with E-state index in [2.05, 4.69) is 71.7 Å². The minimum atomic E-state index is -0.746. The zero-order chi connectivity index (χ0) is 14.3. The Balaban J connectivity index is 1.84. The minimum Gasteiger partial charge on any atom is -0.0855 e. The van der Waals surface area contributed by atoms with Gasteiger partial charge in [0.1, 0.15) is 0 Å². The normalized spacial score (nSPS) is 16.0. The van der Waals surface area contributed by atoms with Crippen molar-refractivity contribution in [2.45, 2.75) is 0 Å². The Morgan fingerprint density at radius 2 is 1.14 bits per heavy atom. The van der Waals surface area contributed by atoms with Crippen molar-refractivity contribution in [1.82, 2.24) is 0 Å². The molecule has 0 N–H and O–H groups in total. The Hall–Kier alpha value is -2.27. The van der Waals surface area contributed by atoms with Crippen molar-refractivity contribution < 1.29 is 0 Å². The van der Waals surface area contributed by atoms with Crippen molar-refractivity contribution >= 4 is 13.2 Å². The zero-order valence-corrected chi connectivity index (χ0v) is 12.5. The monoisotopic (exact) mass is 286 g/mol. The number of rotatable bonds is 1. The number of hydrogen-bond donors (Lipinski definition) is 0. The second-order valence-electron chi connectivity index (χ2n) is 4.77. The molecule has 0 aliphatic heterocycles. The van der Waals surface area contributed by atoms with Crippen molar-refractivity contribution in [3.63, 3.8) is 0 Å². The predicted molar refractivity (Wildman–Crippen MR) is 92.1 cm³/mol. The summed E-state index contributed by atoms with van der Waals surface area (Å²) in [6.45, 7) is 0. The molecule has 0 spiro atoms. The number of benzene rings is 1. The van der Waals surface area contributed by atoms with Gasteiger partial charge in [-0.05, 0) is 0 Å². The van der Waals surface area contributed by atoms with Crippen LogP contribution in [0.1, 0.15) is 0 Å². The van der Waals surface area contributed by atoms with Gasteiger partial charge in [0.15, 0.2) is 0 Å². The van der Waals surface area contributed by atoms with E-state index in [1.165, 1.54) is 5.30 Å². The van der Waals surface area contributed by atoms with E-state index < -0.39 is 7.92 Å². The highest BCUT2D eigenvalue weighted by Gasteiger charge is 2.06. The van der Waals surface area contributed by atoms with Gasteiger partial charge in [-0.2, -0.15) is 0 Å². The first kappa shape index (κ1) is 13.7. The first-order valence-corrected chi connectivity index (χ1v) is 8.33. The van der Waals surface area contributed by atoms with Crippen LogP contribution in [0.3, 0.4) is 0 Å². The third-order valence-electron chi connectivity index (χ3n) is 3.20. The van der Waals surface area contributed by atoms with Gasteiger partial charge < -0.3 is 0 Å². The molecule has 3 rings (SSSR count). The zero-order valence-electron chi connectivity index (χ0n) is 11.6. The summed E-state index contributed by atoms with van der Waals surface area (Å²) in [6, 6.07) is 10.4. The quantitative estimate of drug-likeness (QED) is 0.536. The highest BCUT2D eigenvalue weighted by atomic mass is 31.1. The second kappa shape index (κ2) is 6.95. The average Bonchev–Trinajstić information content (AvgIpc) is 3.21. The third kappa shape index (κ3) is 3.86. The lowest BCUT2D eigenvalue weighted by molar-refractivity contribution is 1.15. The van der Waals surface area contributed by atoms with Crippen molar-refractivity contribution in [3.8, 4) is 23.2 Å². The highest BCUT2D eigenvalue weighted by Crippen LogP contribution is 2.32. The molecule has 1 aromatic carbocycles. The Morgan fingerprint density at radius 1 is 0.667 bits per heavy atom. The van der Waals surface area contributed by atoms with E-state index in [-0.39, 0.29) is 11.8 Å². The molecule has 0 radical (unpaired) electrons. The lowest BCUT2D eigenvalue weighted by atomic mass is 10.2. The van der Waals surface area contributed by atoms with Gasteiger partial charge in [-0.15, -0.1) is 0 Å². The topological polar surface area (TPSA) is 0 Å². The molecule has 0 saturated heterocycles. The molecule has 0 nitrogen and oxygen atoms in total. The van der Waals surface area contributed by atoms with E-state index in [0.717, 1.165) is 0 Å². The molecular weight excluding hydrogens is 271 g/mol. The second-order valence-corrected chi connectivity index (χ2v) is 6.41. The van der Waals surface area contributed by atoms with E-state index in [1.54, 1.807) is 0 Å². The molecule has 0 heterocycles. The van der Waals surface area contributed by atoms with E-state index in [4.69, 9.17) is 0 Å². The van der Waals surface area contributed by atoms with Crippen LogP contribution in [0, 0.1) is 35.0 Å². The first-order chi connectivity index (χ1) is 10.4. The molecule has 100 valence electrons. The summed E-state index contributed by atoms with van der Waals surface area (Å²) < 4.78 is 0. The average molecular weight is 286 g/mol. The van der Waals surface area contributed by atoms with Gasteiger partial charge >= 0.3 is 0 Å². The fourth-order valence-corrected chi connectivity index (χ4v) is 3.41. The smallest absolute Gasteiger partial charge is 0.0810 e. The van der Waals surface area contributed by atoms with Gasteiger partial charge in [0.2, 0.25) is 0 Å². The van der Waals surface area contributed by atoms with Crippen molar-refractivity contribution in [1.29, 1.82) is 0 Å². The Bertz CT molecular complexity index is 657. The van der Waals surface area contributed by atoms with Crippen LogP contribution in [0.5, 0.6) is 0 Å². The SMILES string of the molecule is C(#CP(C#CC1C=CC=C1)c1ccccc1)C1C=CC=C1. The van der Waals surface area contributed by atoms with Crippen molar-refractivity contribution in [2.75, 3.05) is 0 Å². The van der Waals surface area contributed by atoms with Gasteiger partial charge in [-0.1, -0.05) is 102 Å². The Labute approximate surface area is 127 Å². The number of hydrogen-bond acceptors (Lipinski definition) is 0.